The predicted molar refractivity (Wildman–Crippen MR) is 209 cm³/mol. The summed E-state index contributed by atoms with van der Waals surface area (Å²) in [4.78, 5) is 0. The van der Waals surface area contributed by atoms with Gasteiger partial charge in [-0.15, -0.1) is 0 Å². The number of ether oxygens (including phenoxy) is 5. The van der Waals surface area contributed by atoms with E-state index in [9.17, 15) is 0 Å². The fourth-order valence-corrected chi connectivity index (χ4v) is 6.36. The Morgan fingerprint density at radius 3 is 1.54 bits per heavy atom. The Labute approximate surface area is 312 Å². The quantitative estimate of drug-likeness (QED) is 0.0640. The highest BCUT2D eigenvalue weighted by molar-refractivity contribution is 5.25. The molecule has 1 aliphatic rings. The summed E-state index contributed by atoms with van der Waals surface area (Å²) in [5.41, 5.74) is 4.32. The number of hydrogen-bond acceptors (Lipinski definition) is 5. The summed E-state index contributed by atoms with van der Waals surface area (Å²) in [6.07, 6.45) is 11.0. The molecule has 1 saturated heterocycles. The smallest absolute Gasteiger partial charge is 0.150 e. The minimum atomic E-state index is -0.549. The molecule has 4 aromatic carbocycles. The Kier molecular flexibility index (Phi) is 17.6. The monoisotopic (exact) mass is 700 g/mol. The van der Waals surface area contributed by atoms with Crippen LogP contribution in [-0.4, -0.2) is 31.0 Å². The van der Waals surface area contributed by atoms with Crippen molar-refractivity contribution < 1.29 is 23.7 Å². The second kappa shape index (κ2) is 23.4. The molecule has 4 atom stereocenters. The Balaban J connectivity index is 1.38. The summed E-state index contributed by atoms with van der Waals surface area (Å²) < 4.78 is 33.4. The van der Waals surface area contributed by atoms with Crippen LogP contribution in [0.15, 0.2) is 133 Å². The molecule has 5 nitrogen and oxygen atoms in total. The molecule has 0 aromatic heterocycles. The molecule has 0 saturated carbocycles. The molecule has 4 aromatic rings. The number of rotatable bonds is 21. The van der Waals surface area contributed by atoms with Crippen LogP contribution < -0.4 is 0 Å². The molecule has 0 radical (unpaired) electrons. The molecule has 5 rings (SSSR count). The van der Waals surface area contributed by atoms with Crippen LogP contribution in [0, 0.1) is 11.8 Å². The van der Waals surface area contributed by atoms with Gasteiger partial charge in [-0.3, -0.25) is 0 Å². The first-order valence-corrected chi connectivity index (χ1v) is 19.2. The average molecular weight is 701 g/mol. The Bertz CT molecular complexity index is 1600. The van der Waals surface area contributed by atoms with Gasteiger partial charge in [0.2, 0.25) is 0 Å². The van der Waals surface area contributed by atoms with Crippen LogP contribution in [0.4, 0.5) is 0 Å². The standard InChI is InChI=1S/C47H56O5/c1-2-3-4-5-6-7-8-9-10-11-24-33-43-45(49-35-40-27-18-13-19-28-40)47(51-37-42-31-22-15-23-32-42)46(50-36-41-29-20-14-21-30-41)44(52-43)38-48-34-39-25-16-12-17-26-39/h12-23,25-33,44-47H,2-10,34-38H2,1H3/b43-33-/t44-,45+,46-,47-/m1/s1. The lowest BCUT2D eigenvalue weighted by Gasteiger charge is -2.43. The molecule has 0 aliphatic carbocycles. The number of unbranched alkanes of at least 4 members (excludes halogenated alkanes) is 8. The van der Waals surface area contributed by atoms with Gasteiger partial charge in [0.15, 0.2) is 6.10 Å². The van der Waals surface area contributed by atoms with Crippen molar-refractivity contribution >= 4 is 0 Å². The normalized spacial score (nSPS) is 19.1. The van der Waals surface area contributed by atoms with Gasteiger partial charge in [0, 0.05) is 12.5 Å². The van der Waals surface area contributed by atoms with Crippen molar-refractivity contribution in [3.05, 3.63) is 155 Å². The van der Waals surface area contributed by atoms with Crippen LogP contribution in [0.3, 0.4) is 0 Å². The first kappa shape index (κ1) is 39.0. The van der Waals surface area contributed by atoms with Gasteiger partial charge in [-0.2, -0.15) is 0 Å². The lowest BCUT2D eigenvalue weighted by Crippen LogP contribution is -2.56. The van der Waals surface area contributed by atoms with E-state index < -0.39 is 24.4 Å². The van der Waals surface area contributed by atoms with E-state index in [0.717, 1.165) is 35.1 Å². The molecular formula is C47H56O5. The number of allylic oxidation sites excluding steroid dienone is 1. The third-order valence-electron chi connectivity index (χ3n) is 9.26. The highest BCUT2D eigenvalue weighted by atomic mass is 16.6. The van der Waals surface area contributed by atoms with Crippen molar-refractivity contribution in [1.82, 2.24) is 0 Å². The Hall–Kier alpha value is -4.18. The number of benzene rings is 4. The second-order valence-electron chi connectivity index (χ2n) is 13.5. The lowest BCUT2D eigenvalue weighted by atomic mass is 9.96. The van der Waals surface area contributed by atoms with Crippen molar-refractivity contribution in [3.63, 3.8) is 0 Å². The molecule has 1 aliphatic heterocycles. The predicted octanol–water partition coefficient (Wildman–Crippen LogP) is 10.8. The van der Waals surface area contributed by atoms with Crippen LogP contribution >= 0.6 is 0 Å². The molecule has 0 spiro atoms. The van der Waals surface area contributed by atoms with Crippen LogP contribution in [0.5, 0.6) is 0 Å². The van der Waals surface area contributed by atoms with E-state index in [1.165, 1.54) is 44.9 Å². The van der Waals surface area contributed by atoms with Gasteiger partial charge in [-0.1, -0.05) is 185 Å². The first-order valence-electron chi connectivity index (χ1n) is 19.2. The minimum Gasteiger partial charge on any atom is -0.486 e. The van der Waals surface area contributed by atoms with E-state index in [1.54, 1.807) is 0 Å². The summed E-state index contributed by atoms with van der Waals surface area (Å²) >= 11 is 0. The van der Waals surface area contributed by atoms with Crippen LogP contribution in [-0.2, 0) is 50.1 Å². The number of hydrogen-bond donors (Lipinski definition) is 0. The molecule has 0 bridgehead atoms. The largest absolute Gasteiger partial charge is 0.486 e. The van der Waals surface area contributed by atoms with Gasteiger partial charge in [0.1, 0.15) is 24.1 Å². The van der Waals surface area contributed by atoms with Crippen molar-refractivity contribution in [2.45, 2.75) is 116 Å². The summed E-state index contributed by atoms with van der Waals surface area (Å²) in [6.45, 7) is 4.24. The molecule has 274 valence electrons. The van der Waals surface area contributed by atoms with E-state index >= 15 is 0 Å². The maximum Gasteiger partial charge on any atom is 0.150 e. The summed E-state index contributed by atoms with van der Waals surface area (Å²) in [7, 11) is 0. The highest BCUT2D eigenvalue weighted by Crippen LogP contribution is 2.33. The molecular weight excluding hydrogens is 645 g/mol. The minimum absolute atomic E-state index is 0.313. The molecule has 5 heteroatoms. The van der Waals surface area contributed by atoms with Crippen LogP contribution in [0.25, 0.3) is 0 Å². The van der Waals surface area contributed by atoms with Gasteiger partial charge in [-0.05, 0) is 28.7 Å². The van der Waals surface area contributed by atoms with Crippen molar-refractivity contribution in [1.29, 1.82) is 0 Å². The first-order chi connectivity index (χ1) is 25.8. The lowest BCUT2D eigenvalue weighted by molar-refractivity contribution is -0.223. The van der Waals surface area contributed by atoms with E-state index in [-0.39, 0.29) is 0 Å². The molecule has 1 heterocycles. The van der Waals surface area contributed by atoms with Gasteiger partial charge in [0.25, 0.3) is 0 Å². The molecule has 52 heavy (non-hydrogen) atoms. The van der Waals surface area contributed by atoms with E-state index in [0.29, 0.717) is 38.8 Å². The zero-order chi connectivity index (χ0) is 35.9. The fraction of sp³-hybridized carbons (Fsp3) is 0.404. The van der Waals surface area contributed by atoms with Crippen LogP contribution in [0.1, 0.15) is 87.0 Å². The SMILES string of the molecule is CCCCCCCCCCC#C/C=C1\O[C@H](COCc2ccccc2)[C@@H](OCc2ccccc2)[C@H](OCc2ccccc2)[C@H]1OCc1ccccc1. The third kappa shape index (κ3) is 13.7. The second-order valence-corrected chi connectivity index (χ2v) is 13.5. The van der Waals surface area contributed by atoms with Crippen molar-refractivity contribution in [2.75, 3.05) is 6.61 Å². The molecule has 0 N–H and O–H groups in total. The van der Waals surface area contributed by atoms with Crippen molar-refractivity contribution in [2.24, 2.45) is 0 Å². The van der Waals surface area contributed by atoms with Gasteiger partial charge in [-0.25, -0.2) is 0 Å². The fourth-order valence-electron chi connectivity index (χ4n) is 6.36. The Morgan fingerprint density at radius 1 is 0.538 bits per heavy atom. The molecule has 1 fully saturated rings. The summed E-state index contributed by atoms with van der Waals surface area (Å²) in [5.74, 6) is 7.34. The van der Waals surface area contributed by atoms with Crippen LogP contribution in [0.2, 0.25) is 0 Å². The summed E-state index contributed by atoms with van der Waals surface area (Å²) in [6, 6.07) is 40.8. The van der Waals surface area contributed by atoms with E-state index in [2.05, 4.69) is 67.3 Å². The third-order valence-corrected chi connectivity index (χ3v) is 9.26. The zero-order valence-corrected chi connectivity index (χ0v) is 30.9. The molecule has 0 amide bonds. The molecule has 0 unspecified atom stereocenters. The van der Waals surface area contributed by atoms with E-state index in [1.807, 2.05) is 78.9 Å². The highest BCUT2D eigenvalue weighted by Gasteiger charge is 2.46. The van der Waals surface area contributed by atoms with Crippen molar-refractivity contribution in [3.8, 4) is 11.8 Å². The van der Waals surface area contributed by atoms with Gasteiger partial charge < -0.3 is 23.7 Å². The maximum absolute atomic E-state index is 6.83. The van der Waals surface area contributed by atoms with E-state index in [4.69, 9.17) is 23.7 Å². The summed E-state index contributed by atoms with van der Waals surface area (Å²) in [5, 5.41) is 0. The zero-order valence-electron chi connectivity index (χ0n) is 30.9. The maximum atomic E-state index is 6.83. The van der Waals surface area contributed by atoms with Gasteiger partial charge >= 0.3 is 0 Å². The topological polar surface area (TPSA) is 46.2 Å². The van der Waals surface area contributed by atoms with Gasteiger partial charge in [0.05, 0.1) is 33.0 Å². The Morgan fingerprint density at radius 2 is 1.00 bits per heavy atom. The average Bonchev–Trinajstić information content (AvgIpc) is 3.19.